The van der Waals surface area contributed by atoms with Crippen molar-refractivity contribution in [3.05, 3.63) is 27.7 Å². The van der Waals surface area contributed by atoms with Crippen LogP contribution in [0.5, 0.6) is 5.75 Å². The van der Waals surface area contributed by atoms with Crippen molar-refractivity contribution < 1.29 is 27.4 Å². The van der Waals surface area contributed by atoms with Gasteiger partial charge >= 0.3 is 12.3 Å². The Morgan fingerprint density at radius 1 is 1.47 bits per heavy atom. The molecule has 0 aliphatic rings. The molecule has 0 spiro atoms. The third kappa shape index (κ3) is 4.13. The normalized spacial score (nSPS) is 10.7. The number of nitriles is 1. The van der Waals surface area contributed by atoms with E-state index in [9.17, 15) is 18.0 Å². The summed E-state index contributed by atoms with van der Waals surface area (Å²) in [5, 5.41) is 8.75. The van der Waals surface area contributed by atoms with Crippen LogP contribution in [0.15, 0.2) is 16.6 Å². The first kappa shape index (κ1) is 15.3. The Labute approximate surface area is 114 Å². The summed E-state index contributed by atoms with van der Waals surface area (Å²) in [4.78, 5) is 11.1. The molecule has 0 aromatic heterocycles. The van der Waals surface area contributed by atoms with Crippen molar-refractivity contribution in [3.8, 4) is 11.8 Å². The highest BCUT2D eigenvalue weighted by molar-refractivity contribution is 9.10. The Balaban J connectivity index is 3.27. The summed E-state index contributed by atoms with van der Waals surface area (Å²) >= 11 is 2.86. The minimum Gasteiger partial charge on any atom is -0.469 e. The van der Waals surface area contributed by atoms with Gasteiger partial charge in [0.2, 0.25) is 0 Å². The summed E-state index contributed by atoms with van der Waals surface area (Å²) in [5.41, 5.74) is -0.0667. The van der Waals surface area contributed by atoms with Gasteiger partial charge in [0.15, 0.2) is 0 Å². The highest BCUT2D eigenvalue weighted by Crippen LogP contribution is 2.36. The number of benzene rings is 1. The molecule has 0 N–H and O–H groups in total. The van der Waals surface area contributed by atoms with Gasteiger partial charge in [-0.2, -0.15) is 5.26 Å². The average Bonchev–Trinajstić information content (AvgIpc) is 2.32. The molecule has 102 valence electrons. The van der Waals surface area contributed by atoms with Crippen LogP contribution in [-0.2, 0) is 16.0 Å². The molecule has 0 aliphatic carbocycles. The second-order valence-corrected chi connectivity index (χ2v) is 4.12. The van der Waals surface area contributed by atoms with Gasteiger partial charge in [-0.1, -0.05) is 6.07 Å². The Morgan fingerprint density at radius 2 is 2.11 bits per heavy atom. The number of rotatable bonds is 3. The summed E-state index contributed by atoms with van der Waals surface area (Å²) < 4.78 is 45.0. The molecule has 0 heterocycles. The van der Waals surface area contributed by atoms with E-state index in [1.807, 2.05) is 0 Å². The average molecular weight is 338 g/mol. The van der Waals surface area contributed by atoms with E-state index in [0.29, 0.717) is 0 Å². The molecule has 0 saturated heterocycles. The van der Waals surface area contributed by atoms with Gasteiger partial charge in [-0.05, 0) is 22.0 Å². The maximum atomic E-state index is 12.3. The zero-order chi connectivity index (χ0) is 14.6. The van der Waals surface area contributed by atoms with E-state index in [-0.39, 0.29) is 15.6 Å². The van der Waals surface area contributed by atoms with E-state index in [1.54, 1.807) is 6.07 Å². The maximum Gasteiger partial charge on any atom is 0.573 e. The van der Waals surface area contributed by atoms with Crippen LogP contribution in [-0.4, -0.2) is 19.4 Å². The fraction of sp³-hybridized carbons (Fsp3) is 0.273. The molecule has 1 aromatic carbocycles. The van der Waals surface area contributed by atoms with Gasteiger partial charge in [0.25, 0.3) is 0 Å². The largest absolute Gasteiger partial charge is 0.573 e. The predicted molar refractivity (Wildman–Crippen MR) is 61.3 cm³/mol. The lowest BCUT2D eigenvalue weighted by atomic mass is 10.1. The van der Waals surface area contributed by atoms with E-state index in [2.05, 4.69) is 25.4 Å². The Kier molecular flexibility index (Phi) is 4.78. The molecule has 0 amide bonds. The predicted octanol–water partition coefficient (Wildman–Crippen LogP) is 2.93. The van der Waals surface area contributed by atoms with Gasteiger partial charge in [-0.25, -0.2) is 0 Å². The van der Waals surface area contributed by atoms with E-state index < -0.39 is 24.5 Å². The van der Waals surface area contributed by atoms with Crippen LogP contribution in [0.2, 0.25) is 0 Å². The first-order valence-corrected chi connectivity index (χ1v) is 5.62. The van der Waals surface area contributed by atoms with Crippen molar-refractivity contribution in [2.75, 3.05) is 7.11 Å². The van der Waals surface area contributed by atoms with E-state index in [1.165, 1.54) is 12.1 Å². The molecule has 0 saturated carbocycles. The zero-order valence-corrected chi connectivity index (χ0v) is 11.1. The number of carbonyl (C=O) groups is 1. The van der Waals surface area contributed by atoms with Gasteiger partial charge in [0.05, 0.1) is 23.6 Å². The molecule has 1 rings (SSSR count). The third-order valence-electron chi connectivity index (χ3n) is 2.08. The molecule has 19 heavy (non-hydrogen) atoms. The highest BCUT2D eigenvalue weighted by atomic mass is 79.9. The molecule has 0 radical (unpaired) electrons. The van der Waals surface area contributed by atoms with Crippen LogP contribution in [0.4, 0.5) is 13.2 Å². The van der Waals surface area contributed by atoms with Gasteiger partial charge in [-0.3, -0.25) is 4.79 Å². The lowest BCUT2D eigenvalue weighted by Crippen LogP contribution is -2.19. The molecule has 8 heteroatoms. The molecule has 4 nitrogen and oxygen atoms in total. The van der Waals surface area contributed by atoms with Gasteiger partial charge in [0, 0.05) is 5.56 Å². The summed E-state index contributed by atoms with van der Waals surface area (Å²) in [7, 11) is 1.12. The summed E-state index contributed by atoms with van der Waals surface area (Å²) in [5.74, 6) is -1.33. The second kappa shape index (κ2) is 5.93. The Bertz CT molecular complexity index is 537. The van der Waals surface area contributed by atoms with Gasteiger partial charge < -0.3 is 9.47 Å². The monoisotopic (exact) mass is 337 g/mol. The summed E-state index contributed by atoms with van der Waals surface area (Å²) in [6.45, 7) is 0. The molecule has 0 aliphatic heterocycles. The van der Waals surface area contributed by atoms with Crippen molar-refractivity contribution in [1.29, 1.82) is 5.26 Å². The van der Waals surface area contributed by atoms with Gasteiger partial charge in [0.1, 0.15) is 11.8 Å². The quantitative estimate of drug-likeness (QED) is 0.795. The SMILES string of the molecule is COC(=O)Cc1ccc(C#N)c(Br)c1OC(F)(F)F. The Hall–Kier alpha value is -1.75. The fourth-order valence-electron chi connectivity index (χ4n) is 1.28. The van der Waals surface area contributed by atoms with Crippen molar-refractivity contribution in [1.82, 2.24) is 0 Å². The number of nitrogens with zero attached hydrogens (tertiary/aromatic N) is 1. The third-order valence-corrected chi connectivity index (χ3v) is 2.87. The number of hydrogen-bond donors (Lipinski definition) is 0. The van der Waals surface area contributed by atoms with Crippen LogP contribution in [0.1, 0.15) is 11.1 Å². The first-order valence-electron chi connectivity index (χ1n) is 4.82. The van der Waals surface area contributed by atoms with Crippen LogP contribution in [0, 0.1) is 11.3 Å². The minimum atomic E-state index is -4.93. The van der Waals surface area contributed by atoms with Gasteiger partial charge in [-0.15, -0.1) is 13.2 Å². The van der Waals surface area contributed by atoms with Crippen molar-refractivity contribution in [2.45, 2.75) is 12.8 Å². The van der Waals surface area contributed by atoms with Crippen molar-refractivity contribution in [2.24, 2.45) is 0 Å². The lowest BCUT2D eigenvalue weighted by molar-refractivity contribution is -0.275. The number of ether oxygens (including phenoxy) is 2. The Morgan fingerprint density at radius 3 is 2.58 bits per heavy atom. The molecular weight excluding hydrogens is 331 g/mol. The number of halogens is 4. The number of alkyl halides is 3. The lowest BCUT2D eigenvalue weighted by Gasteiger charge is -2.15. The number of methoxy groups -OCH3 is 1. The van der Waals surface area contributed by atoms with Crippen LogP contribution in [0.25, 0.3) is 0 Å². The van der Waals surface area contributed by atoms with Crippen LogP contribution < -0.4 is 4.74 Å². The van der Waals surface area contributed by atoms with E-state index in [4.69, 9.17) is 5.26 Å². The maximum absolute atomic E-state index is 12.3. The van der Waals surface area contributed by atoms with Crippen LogP contribution >= 0.6 is 15.9 Å². The number of carbonyl (C=O) groups excluding carboxylic acids is 1. The smallest absolute Gasteiger partial charge is 0.469 e. The molecule has 0 bridgehead atoms. The van der Waals surface area contributed by atoms with Crippen LogP contribution in [0.3, 0.4) is 0 Å². The second-order valence-electron chi connectivity index (χ2n) is 3.33. The zero-order valence-electron chi connectivity index (χ0n) is 9.55. The molecule has 0 fully saturated rings. The topological polar surface area (TPSA) is 59.3 Å². The molecule has 0 atom stereocenters. The molecular formula is C11H7BrF3NO3. The van der Waals surface area contributed by atoms with E-state index in [0.717, 1.165) is 7.11 Å². The van der Waals surface area contributed by atoms with E-state index >= 15 is 0 Å². The summed E-state index contributed by atoms with van der Waals surface area (Å²) in [6.07, 6.45) is -5.33. The number of esters is 1. The number of hydrogen-bond acceptors (Lipinski definition) is 4. The fourth-order valence-corrected chi connectivity index (χ4v) is 1.83. The molecule has 1 aromatic rings. The molecule has 0 unspecified atom stereocenters. The standard InChI is InChI=1S/C11H7BrF3NO3/c1-18-8(17)4-6-2-3-7(5-16)9(12)10(6)19-11(13,14)15/h2-3H,4H2,1H3. The summed E-state index contributed by atoms with van der Waals surface area (Å²) in [6, 6.07) is 4.20. The first-order chi connectivity index (χ1) is 8.78. The minimum absolute atomic E-state index is 0.0324. The van der Waals surface area contributed by atoms with Crippen molar-refractivity contribution in [3.63, 3.8) is 0 Å². The van der Waals surface area contributed by atoms with Crippen molar-refractivity contribution >= 4 is 21.9 Å². The highest BCUT2D eigenvalue weighted by Gasteiger charge is 2.34.